The molecule has 7 heteroatoms. The van der Waals surface area contributed by atoms with Crippen molar-refractivity contribution in [1.82, 2.24) is 25.1 Å². The molecule has 1 amide bonds. The normalized spacial score (nSPS) is 16.3. The lowest BCUT2D eigenvalue weighted by atomic mass is 10.1. The Morgan fingerprint density at radius 2 is 2.07 bits per heavy atom. The summed E-state index contributed by atoms with van der Waals surface area (Å²) >= 11 is 0. The second kappa shape index (κ2) is 7.49. The Labute approximate surface area is 157 Å². The first kappa shape index (κ1) is 17.1. The summed E-state index contributed by atoms with van der Waals surface area (Å²) in [4.78, 5) is 23.5. The van der Waals surface area contributed by atoms with Crippen molar-refractivity contribution in [3.8, 4) is 0 Å². The smallest absolute Gasteiger partial charge is 0.274 e. The van der Waals surface area contributed by atoms with Gasteiger partial charge in [-0.1, -0.05) is 6.07 Å². The van der Waals surface area contributed by atoms with Gasteiger partial charge in [0.1, 0.15) is 11.6 Å². The summed E-state index contributed by atoms with van der Waals surface area (Å²) in [5.41, 5.74) is 2.36. The van der Waals surface area contributed by atoms with Gasteiger partial charge in [-0.25, -0.2) is 9.97 Å². The largest absolute Gasteiger partial charge is 0.330 e. The van der Waals surface area contributed by atoms with Crippen LogP contribution in [0.15, 0.2) is 54.9 Å². The number of likely N-dealkylation sites (tertiary alicyclic amines) is 1. The number of pyridine rings is 2. The topological polar surface area (TPSA) is 83.9 Å². The summed E-state index contributed by atoms with van der Waals surface area (Å²) in [6.45, 7) is 2.66. The molecule has 1 atom stereocenters. The quantitative estimate of drug-likeness (QED) is 0.768. The number of nitrogens with zero attached hydrogens (tertiary/aromatic N) is 5. The lowest BCUT2D eigenvalue weighted by molar-refractivity contribution is 0.0728. The molecule has 1 fully saturated rings. The van der Waals surface area contributed by atoms with E-state index in [1.807, 2.05) is 42.2 Å². The fourth-order valence-electron chi connectivity index (χ4n) is 3.39. The molecule has 4 rings (SSSR count). The number of amides is 1. The zero-order chi connectivity index (χ0) is 18.6. The molecule has 136 valence electrons. The van der Waals surface area contributed by atoms with Gasteiger partial charge < -0.3 is 10.2 Å². The number of rotatable bonds is 4. The number of aryl methyl sites for hydroxylation is 1. The molecule has 3 aromatic rings. The van der Waals surface area contributed by atoms with Crippen molar-refractivity contribution in [2.24, 2.45) is 0 Å². The van der Waals surface area contributed by atoms with Gasteiger partial charge in [-0.05, 0) is 61.7 Å². The lowest BCUT2D eigenvalue weighted by Crippen LogP contribution is -2.31. The van der Waals surface area contributed by atoms with Crippen LogP contribution >= 0.6 is 0 Å². The molecule has 0 spiro atoms. The Kier molecular flexibility index (Phi) is 4.74. The van der Waals surface area contributed by atoms with E-state index in [4.69, 9.17) is 0 Å². The Hall–Kier alpha value is -3.35. The predicted molar refractivity (Wildman–Crippen MR) is 102 cm³/mol. The van der Waals surface area contributed by atoms with Crippen molar-refractivity contribution in [3.05, 3.63) is 71.8 Å². The van der Waals surface area contributed by atoms with Crippen LogP contribution in [0.1, 0.15) is 40.6 Å². The highest BCUT2D eigenvalue weighted by Crippen LogP contribution is 2.33. The third-order valence-corrected chi connectivity index (χ3v) is 4.62. The molecule has 1 saturated heterocycles. The summed E-state index contributed by atoms with van der Waals surface area (Å²) in [5.74, 6) is 1.38. The van der Waals surface area contributed by atoms with E-state index >= 15 is 0 Å². The van der Waals surface area contributed by atoms with Gasteiger partial charge in [0.25, 0.3) is 5.91 Å². The first-order valence-corrected chi connectivity index (χ1v) is 8.96. The molecule has 0 bridgehead atoms. The molecule has 0 aromatic carbocycles. The first-order chi connectivity index (χ1) is 13.2. The van der Waals surface area contributed by atoms with E-state index < -0.39 is 0 Å². The summed E-state index contributed by atoms with van der Waals surface area (Å²) in [6.07, 6.45) is 5.20. The van der Waals surface area contributed by atoms with E-state index in [2.05, 4.69) is 25.5 Å². The van der Waals surface area contributed by atoms with Gasteiger partial charge in [0.2, 0.25) is 0 Å². The molecule has 1 N–H and O–H groups in total. The van der Waals surface area contributed by atoms with Crippen LogP contribution in [0.5, 0.6) is 0 Å². The number of anilines is 2. The number of hydrogen-bond donors (Lipinski definition) is 1. The van der Waals surface area contributed by atoms with Crippen molar-refractivity contribution in [2.45, 2.75) is 25.8 Å². The highest BCUT2D eigenvalue weighted by atomic mass is 16.2. The average Bonchev–Trinajstić information content (AvgIpc) is 3.18. The first-order valence-electron chi connectivity index (χ1n) is 8.96. The van der Waals surface area contributed by atoms with Gasteiger partial charge >= 0.3 is 0 Å². The Balaban J connectivity index is 1.56. The van der Waals surface area contributed by atoms with Crippen LogP contribution in [0.3, 0.4) is 0 Å². The van der Waals surface area contributed by atoms with Crippen LogP contribution in [0, 0.1) is 6.92 Å². The Bertz CT molecular complexity index is 946. The van der Waals surface area contributed by atoms with Crippen LogP contribution < -0.4 is 5.32 Å². The minimum absolute atomic E-state index is 0.00789. The Morgan fingerprint density at radius 3 is 2.89 bits per heavy atom. The average molecular weight is 360 g/mol. The van der Waals surface area contributed by atoms with Gasteiger partial charge in [-0.2, -0.15) is 5.10 Å². The lowest BCUT2D eigenvalue weighted by Gasteiger charge is -2.24. The number of aromatic nitrogens is 4. The van der Waals surface area contributed by atoms with Crippen molar-refractivity contribution < 1.29 is 4.79 Å². The molecule has 1 aliphatic rings. The molecule has 0 aliphatic carbocycles. The summed E-state index contributed by atoms with van der Waals surface area (Å²) in [5, 5.41) is 11.0. The maximum Gasteiger partial charge on any atom is 0.274 e. The molecule has 3 aromatic heterocycles. The SMILES string of the molecule is Cc1cccc(Nc2cc([C@@H]3CCCN3C(=O)c3cccnn3)ccn2)n1. The van der Waals surface area contributed by atoms with E-state index in [1.54, 1.807) is 24.5 Å². The molecule has 0 saturated carbocycles. The molecular formula is C20H20N6O. The van der Waals surface area contributed by atoms with Crippen molar-refractivity contribution >= 4 is 17.5 Å². The van der Waals surface area contributed by atoms with E-state index in [0.29, 0.717) is 18.1 Å². The van der Waals surface area contributed by atoms with Gasteiger partial charge in [0.05, 0.1) is 6.04 Å². The second-order valence-electron chi connectivity index (χ2n) is 6.53. The summed E-state index contributed by atoms with van der Waals surface area (Å²) in [7, 11) is 0. The van der Waals surface area contributed by atoms with Gasteiger partial charge in [-0.3, -0.25) is 4.79 Å². The standard InChI is InChI=1S/C20H20N6O/c1-14-5-2-8-18(23-14)24-19-13-15(9-11-21-19)17-7-4-12-26(17)20(27)16-6-3-10-22-25-16/h2-3,5-6,8-11,13,17H,4,7,12H2,1H3,(H,21,23,24)/t17-/m0/s1. The highest BCUT2D eigenvalue weighted by Gasteiger charge is 2.31. The van der Waals surface area contributed by atoms with Crippen LogP contribution in [-0.2, 0) is 0 Å². The zero-order valence-electron chi connectivity index (χ0n) is 15.0. The summed E-state index contributed by atoms with van der Waals surface area (Å²) < 4.78 is 0. The maximum absolute atomic E-state index is 12.8. The van der Waals surface area contributed by atoms with Crippen molar-refractivity contribution in [1.29, 1.82) is 0 Å². The van der Waals surface area contributed by atoms with E-state index in [1.165, 1.54) is 0 Å². The molecule has 7 nitrogen and oxygen atoms in total. The molecular weight excluding hydrogens is 340 g/mol. The third-order valence-electron chi connectivity index (χ3n) is 4.62. The molecule has 4 heterocycles. The Morgan fingerprint density at radius 1 is 1.15 bits per heavy atom. The number of nitrogens with one attached hydrogen (secondary N) is 1. The van der Waals surface area contributed by atoms with Crippen LogP contribution in [0.25, 0.3) is 0 Å². The van der Waals surface area contributed by atoms with Crippen molar-refractivity contribution in [3.63, 3.8) is 0 Å². The summed E-state index contributed by atoms with van der Waals surface area (Å²) in [6, 6.07) is 13.2. The fourth-order valence-corrected chi connectivity index (χ4v) is 3.39. The van der Waals surface area contributed by atoms with Crippen LogP contribution in [0.2, 0.25) is 0 Å². The van der Waals surface area contributed by atoms with E-state index in [9.17, 15) is 4.79 Å². The van der Waals surface area contributed by atoms with Crippen LogP contribution in [-0.4, -0.2) is 37.5 Å². The van der Waals surface area contributed by atoms with Gasteiger partial charge in [-0.15, -0.1) is 5.10 Å². The monoisotopic (exact) mass is 360 g/mol. The van der Waals surface area contributed by atoms with Gasteiger partial charge in [0, 0.05) is 24.6 Å². The maximum atomic E-state index is 12.8. The van der Waals surface area contributed by atoms with E-state index in [-0.39, 0.29) is 11.9 Å². The van der Waals surface area contributed by atoms with Crippen molar-refractivity contribution in [2.75, 3.05) is 11.9 Å². The third kappa shape index (κ3) is 3.76. The molecule has 0 radical (unpaired) electrons. The van der Waals surface area contributed by atoms with E-state index in [0.717, 1.165) is 29.9 Å². The fraction of sp³-hybridized carbons (Fsp3) is 0.250. The second-order valence-corrected chi connectivity index (χ2v) is 6.53. The highest BCUT2D eigenvalue weighted by molar-refractivity contribution is 5.92. The van der Waals surface area contributed by atoms with Gasteiger partial charge in [0.15, 0.2) is 5.69 Å². The number of hydrogen-bond acceptors (Lipinski definition) is 6. The minimum Gasteiger partial charge on any atom is -0.330 e. The molecule has 0 unspecified atom stereocenters. The number of carbonyl (C=O) groups excluding carboxylic acids is 1. The minimum atomic E-state index is -0.0859. The van der Waals surface area contributed by atoms with Crippen LogP contribution in [0.4, 0.5) is 11.6 Å². The predicted octanol–water partition coefficient (Wildman–Crippen LogP) is 3.30. The molecule has 1 aliphatic heterocycles. The number of carbonyl (C=O) groups is 1. The zero-order valence-corrected chi connectivity index (χ0v) is 15.0. The molecule has 27 heavy (non-hydrogen) atoms.